The SMILES string of the molecule is OC(O)O[Si]CCCCN(F)c1cc(F)c(F)c(F)c1F. The zero-order chi connectivity index (χ0) is 16.0. The predicted octanol–water partition coefficient (Wildman–Crippen LogP) is 2.04. The molecule has 0 aliphatic carbocycles. The molecule has 118 valence electrons. The Hall–Kier alpha value is -1.23. The molecule has 1 aromatic carbocycles. The van der Waals surface area contributed by atoms with Gasteiger partial charge in [0.25, 0.3) is 6.48 Å². The number of hydrogen-bond donors (Lipinski definition) is 2. The van der Waals surface area contributed by atoms with Crippen LogP contribution in [0.5, 0.6) is 0 Å². The first-order valence-corrected chi connectivity index (χ1v) is 6.97. The van der Waals surface area contributed by atoms with Crippen molar-refractivity contribution >= 4 is 15.5 Å². The molecule has 0 aromatic heterocycles. The number of unbranched alkanes of at least 4 members (excludes halogenated alkanes) is 1. The van der Waals surface area contributed by atoms with Crippen molar-refractivity contribution in [1.82, 2.24) is 0 Å². The highest BCUT2D eigenvalue weighted by Crippen LogP contribution is 2.26. The zero-order valence-corrected chi connectivity index (χ0v) is 11.6. The second kappa shape index (κ2) is 8.27. The maximum atomic E-state index is 13.6. The number of hydrogen-bond acceptors (Lipinski definition) is 4. The Balaban J connectivity index is 2.48. The van der Waals surface area contributed by atoms with Gasteiger partial charge in [-0.2, -0.15) is 0 Å². The van der Waals surface area contributed by atoms with Crippen molar-refractivity contribution in [1.29, 1.82) is 0 Å². The number of aliphatic hydroxyl groups is 2. The summed E-state index contributed by atoms with van der Waals surface area (Å²) in [6.07, 6.45) is 0.591. The Labute approximate surface area is 119 Å². The molecule has 0 heterocycles. The summed E-state index contributed by atoms with van der Waals surface area (Å²) in [5.74, 6) is -7.55. The fourth-order valence-corrected chi connectivity index (χ4v) is 2.10. The van der Waals surface area contributed by atoms with Gasteiger partial charge in [-0.25, -0.2) is 22.7 Å². The molecule has 10 heteroatoms. The highest BCUT2D eigenvalue weighted by atomic mass is 28.2. The molecule has 1 rings (SSSR count). The lowest BCUT2D eigenvalue weighted by molar-refractivity contribution is -0.180. The Morgan fingerprint density at radius 3 is 2.38 bits per heavy atom. The molecule has 0 aliphatic rings. The number of nitrogens with zero attached hydrogens (tertiary/aromatic N) is 1. The normalized spacial score (nSPS) is 11.2. The first kappa shape index (κ1) is 17.8. The third-order valence-electron chi connectivity index (χ3n) is 2.42. The van der Waals surface area contributed by atoms with Crippen molar-refractivity contribution in [2.45, 2.75) is 25.4 Å². The van der Waals surface area contributed by atoms with Crippen molar-refractivity contribution in [2.24, 2.45) is 0 Å². The van der Waals surface area contributed by atoms with Gasteiger partial charge in [-0.3, -0.25) is 0 Å². The Morgan fingerprint density at radius 2 is 1.76 bits per heavy atom. The molecule has 0 unspecified atom stereocenters. The molecule has 1 aromatic rings. The topological polar surface area (TPSA) is 52.9 Å². The molecule has 0 spiro atoms. The van der Waals surface area contributed by atoms with E-state index < -0.39 is 35.4 Å². The molecule has 2 N–H and O–H groups in total. The molecule has 0 atom stereocenters. The van der Waals surface area contributed by atoms with E-state index in [2.05, 4.69) is 4.43 Å². The van der Waals surface area contributed by atoms with E-state index in [0.29, 0.717) is 12.5 Å². The van der Waals surface area contributed by atoms with E-state index in [4.69, 9.17) is 10.2 Å². The van der Waals surface area contributed by atoms with Gasteiger partial charge in [0.05, 0.1) is 6.54 Å². The lowest BCUT2D eigenvalue weighted by atomic mass is 10.2. The van der Waals surface area contributed by atoms with Crippen molar-refractivity contribution in [3.05, 3.63) is 29.3 Å². The standard InChI is InChI=1S/C11H12F5NO3Si/c12-6-5-7(9(14)10(15)8(6)13)17(16)3-1-2-4-21-20-11(18)19/h5,11,18-19H,1-4H2. The predicted molar refractivity (Wildman–Crippen MR) is 63.8 cm³/mol. The first-order valence-electron chi connectivity index (χ1n) is 5.85. The molecule has 0 aliphatic heterocycles. The summed E-state index contributed by atoms with van der Waals surface area (Å²) in [7, 11) is -0.210. The van der Waals surface area contributed by atoms with Crippen LogP contribution in [-0.2, 0) is 4.43 Å². The van der Waals surface area contributed by atoms with E-state index in [1.54, 1.807) is 0 Å². The molecule has 0 amide bonds. The molecule has 21 heavy (non-hydrogen) atoms. The highest BCUT2D eigenvalue weighted by molar-refractivity contribution is 6.26. The van der Waals surface area contributed by atoms with E-state index in [1.807, 2.05) is 0 Å². The number of benzene rings is 1. The maximum absolute atomic E-state index is 13.6. The van der Waals surface area contributed by atoms with Crippen LogP contribution in [0.25, 0.3) is 0 Å². The Morgan fingerprint density at radius 1 is 1.10 bits per heavy atom. The van der Waals surface area contributed by atoms with Gasteiger partial charge in [0.2, 0.25) is 9.76 Å². The van der Waals surface area contributed by atoms with Gasteiger partial charge in [-0.05, 0) is 12.5 Å². The van der Waals surface area contributed by atoms with Crippen LogP contribution >= 0.6 is 0 Å². The number of rotatable bonds is 8. The van der Waals surface area contributed by atoms with Crippen molar-refractivity contribution in [2.75, 3.05) is 11.7 Å². The lowest BCUT2D eigenvalue weighted by Gasteiger charge is -2.15. The third-order valence-corrected chi connectivity index (χ3v) is 3.35. The van der Waals surface area contributed by atoms with Crippen LogP contribution in [0.15, 0.2) is 6.07 Å². The van der Waals surface area contributed by atoms with Crippen LogP contribution in [-0.4, -0.2) is 33.0 Å². The summed E-state index contributed by atoms with van der Waals surface area (Å²) in [6, 6.07) is 0.640. The van der Waals surface area contributed by atoms with E-state index in [0.717, 1.165) is 0 Å². The lowest BCUT2D eigenvalue weighted by Crippen LogP contribution is -2.17. The largest absolute Gasteiger partial charge is 0.372 e. The van der Waals surface area contributed by atoms with Crippen LogP contribution < -0.4 is 5.12 Å². The van der Waals surface area contributed by atoms with Crippen LogP contribution in [0.3, 0.4) is 0 Å². The van der Waals surface area contributed by atoms with Gasteiger partial charge in [-0.15, -0.1) is 0 Å². The van der Waals surface area contributed by atoms with E-state index in [-0.39, 0.29) is 33.9 Å². The molecular weight excluding hydrogens is 317 g/mol. The average molecular weight is 329 g/mol. The smallest absolute Gasteiger partial charge is 0.256 e. The minimum absolute atomic E-state index is 0.189. The van der Waals surface area contributed by atoms with Crippen molar-refractivity contribution in [3.8, 4) is 0 Å². The van der Waals surface area contributed by atoms with E-state index in [9.17, 15) is 22.0 Å². The third kappa shape index (κ3) is 5.23. The van der Waals surface area contributed by atoms with Crippen molar-refractivity contribution in [3.63, 3.8) is 0 Å². The van der Waals surface area contributed by atoms with Gasteiger partial charge >= 0.3 is 0 Å². The average Bonchev–Trinajstić information content (AvgIpc) is 2.43. The summed E-state index contributed by atoms with van der Waals surface area (Å²) >= 11 is 0. The summed E-state index contributed by atoms with van der Waals surface area (Å²) in [4.78, 5) is 0. The van der Waals surface area contributed by atoms with Gasteiger partial charge in [0.15, 0.2) is 23.3 Å². The number of halogens is 5. The second-order valence-electron chi connectivity index (χ2n) is 3.95. The summed E-state index contributed by atoms with van der Waals surface area (Å²) < 4.78 is 69.8. The zero-order valence-electron chi connectivity index (χ0n) is 10.6. The molecular formula is C11H12F5NO3Si. The van der Waals surface area contributed by atoms with Gasteiger partial charge in [-0.1, -0.05) is 10.9 Å². The summed E-state index contributed by atoms with van der Waals surface area (Å²) in [5, 5.41) is 16.5. The minimum atomic E-state index is -2.07. The van der Waals surface area contributed by atoms with Gasteiger partial charge in [0.1, 0.15) is 5.69 Å². The van der Waals surface area contributed by atoms with Crippen LogP contribution in [0.1, 0.15) is 12.8 Å². The molecule has 2 radical (unpaired) electrons. The molecule has 0 fully saturated rings. The monoisotopic (exact) mass is 329 g/mol. The fourth-order valence-electron chi connectivity index (χ4n) is 1.44. The fraction of sp³-hybridized carbons (Fsp3) is 0.455. The molecule has 0 saturated carbocycles. The maximum Gasteiger partial charge on any atom is 0.256 e. The minimum Gasteiger partial charge on any atom is -0.372 e. The Bertz CT molecular complexity index is 478. The quantitative estimate of drug-likeness (QED) is 0.146. The number of anilines is 1. The second-order valence-corrected chi connectivity index (χ2v) is 4.98. The van der Waals surface area contributed by atoms with Crippen LogP contribution in [0.4, 0.5) is 27.7 Å². The van der Waals surface area contributed by atoms with Gasteiger partial charge in [0, 0.05) is 6.07 Å². The molecule has 0 saturated heterocycles. The van der Waals surface area contributed by atoms with Gasteiger partial charge < -0.3 is 14.6 Å². The van der Waals surface area contributed by atoms with E-state index in [1.165, 1.54) is 0 Å². The summed E-state index contributed by atoms with van der Waals surface area (Å²) in [5.41, 5.74) is -1.02. The first-order chi connectivity index (χ1) is 9.84. The highest BCUT2D eigenvalue weighted by Gasteiger charge is 2.22. The van der Waals surface area contributed by atoms with Crippen LogP contribution in [0, 0.1) is 23.3 Å². The molecule has 0 bridgehead atoms. The number of aliphatic hydroxyl groups excluding tert-OH is 1. The summed E-state index contributed by atoms with van der Waals surface area (Å²) in [6.45, 7) is -2.24. The Kier molecular flexibility index (Phi) is 7.02. The van der Waals surface area contributed by atoms with Crippen molar-refractivity contribution < 1.29 is 36.7 Å². The van der Waals surface area contributed by atoms with E-state index >= 15 is 0 Å². The molecule has 4 nitrogen and oxygen atoms in total. The van der Waals surface area contributed by atoms with Crippen LogP contribution in [0.2, 0.25) is 6.04 Å².